The maximum absolute atomic E-state index is 5.45. The summed E-state index contributed by atoms with van der Waals surface area (Å²) in [7, 11) is 1.81. The summed E-state index contributed by atoms with van der Waals surface area (Å²) in [6.45, 7) is 9.66. The Morgan fingerprint density at radius 3 is 2.72 bits per heavy atom. The van der Waals surface area contributed by atoms with Crippen LogP contribution in [0.15, 0.2) is 35.3 Å². The van der Waals surface area contributed by atoms with Gasteiger partial charge in [-0.1, -0.05) is 18.2 Å². The van der Waals surface area contributed by atoms with Crippen LogP contribution in [-0.4, -0.2) is 61.3 Å². The van der Waals surface area contributed by atoms with E-state index in [2.05, 4.69) is 63.6 Å². The molecular weight excluding hydrogens is 314 g/mol. The van der Waals surface area contributed by atoms with Gasteiger partial charge < -0.3 is 20.4 Å². The molecule has 0 radical (unpaired) electrons. The summed E-state index contributed by atoms with van der Waals surface area (Å²) in [5.74, 6) is 0.819. The van der Waals surface area contributed by atoms with E-state index < -0.39 is 0 Å². The van der Waals surface area contributed by atoms with Gasteiger partial charge in [0.25, 0.3) is 0 Å². The van der Waals surface area contributed by atoms with Gasteiger partial charge in [0.05, 0.1) is 19.8 Å². The second kappa shape index (κ2) is 7.89. The number of aromatic nitrogens is 1. The summed E-state index contributed by atoms with van der Waals surface area (Å²) >= 11 is 0. The van der Waals surface area contributed by atoms with Crippen LogP contribution in [0.3, 0.4) is 0 Å². The van der Waals surface area contributed by atoms with Crippen molar-refractivity contribution in [3.8, 4) is 0 Å². The van der Waals surface area contributed by atoms with Crippen LogP contribution < -0.4 is 10.6 Å². The second-order valence-electron chi connectivity index (χ2n) is 7.07. The van der Waals surface area contributed by atoms with Crippen molar-refractivity contribution in [3.63, 3.8) is 0 Å². The van der Waals surface area contributed by atoms with Crippen LogP contribution in [0.5, 0.6) is 0 Å². The summed E-state index contributed by atoms with van der Waals surface area (Å²) in [5.41, 5.74) is 2.37. The number of H-pyrrole nitrogens is 1. The van der Waals surface area contributed by atoms with E-state index in [1.807, 2.05) is 13.1 Å². The van der Waals surface area contributed by atoms with E-state index in [-0.39, 0.29) is 5.54 Å². The van der Waals surface area contributed by atoms with Crippen LogP contribution in [0.4, 0.5) is 0 Å². The number of morpholine rings is 1. The summed E-state index contributed by atoms with van der Waals surface area (Å²) in [5, 5.41) is 8.07. The van der Waals surface area contributed by atoms with Crippen molar-refractivity contribution in [1.82, 2.24) is 20.5 Å². The molecule has 6 nitrogen and oxygen atoms in total. The number of nitrogens with one attached hydrogen (secondary N) is 3. The largest absolute Gasteiger partial charge is 0.379 e. The van der Waals surface area contributed by atoms with Crippen molar-refractivity contribution < 1.29 is 4.74 Å². The van der Waals surface area contributed by atoms with Crippen molar-refractivity contribution >= 4 is 16.9 Å². The summed E-state index contributed by atoms with van der Waals surface area (Å²) in [6.07, 6.45) is 0. The summed E-state index contributed by atoms with van der Waals surface area (Å²) in [6, 6.07) is 10.5. The molecule has 3 N–H and O–H groups in total. The normalized spacial score (nSPS) is 17.0. The molecule has 0 bridgehead atoms. The number of guanidine groups is 1. The van der Waals surface area contributed by atoms with E-state index >= 15 is 0 Å². The number of aliphatic imine (C=N–C) groups is 1. The van der Waals surface area contributed by atoms with Gasteiger partial charge in [0.15, 0.2) is 5.96 Å². The van der Waals surface area contributed by atoms with Gasteiger partial charge in [-0.25, -0.2) is 0 Å². The van der Waals surface area contributed by atoms with Gasteiger partial charge in [0.1, 0.15) is 0 Å². The highest BCUT2D eigenvalue weighted by atomic mass is 16.5. The van der Waals surface area contributed by atoms with E-state index in [1.165, 1.54) is 5.39 Å². The van der Waals surface area contributed by atoms with E-state index in [4.69, 9.17) is 4.74 Å². The predicted molar refractivity (Wildman–Crippen MR) is 103 cm³/mol. The second-order valence-corrected chi connectivity index (χ2v) is 7.07. The molecule has 1 saturated heterocycles. The van der Waals surface area contributed by atoms with Gasteiger partial charge in [0.2, 0.25) is 0 Å². The van der Waals surface area contributed by atoms with Crippen LogP contribution in [0, 0.1) is 0 Å². The number of hydrogen-bond donors (Lipinski definition) is 3. The predicted octanol–water partition coefficient (Wildman–Crippen LogP) is 1.94. The van der Waals surface area contributed by atoms with Crippen molar-refractivity contribution in [2.24, 2.45) is 4.99 Å². The Morgan fingerprint density at radius 2 is 2.00 bits per heavy atom. The van der Waals surface area contributed by atoms with Gasteiger partial charge >= 0.3 is 0 Å². The third-order valence-corrected chi connectivity index (χ3v) is 4.81. The maximum Gasteiger partial charge on any atom is 0.191 e. The highest BCUT2D eigenvalue weighted by molar-refractivity contribution is 5.81. The third-order valence-electron chi connectivity index (χ3n) is 4.81. The van der Waals surface area contributed by atoms with E-state index in [1.54, 1.807) is 0 Å². The molecule has 0 aliphatic carbocycles. The van der Waals surface area contributed by atoms with Crippen LogP contribution in [0.2, 0.25) is 0 Å². The molecule has 136 valence electrons. The lowest BCUT2D eigenvalue weighted by Crippen LogP contribution is -2.56. The third kappa shape index (κ3) is 4.52. The van der Waals surface area contributed by atoms with E-state index in [9.17, 15) is 0 Å². The van der Waals surface area contributed by atoms with Gasteiger partial charge in [-0.3, -0.25) is 9.89 Å². The first-order chi connectivity index (χ1) is 12.1. The molecule has 1 aliphatic heterocycles. The summed E-state index contributed by atoms with van der Waals surface area (Å²) in [4.78, 5) is 10.2. The number of aromatic amines is 1. The van der Waals surface area contributed by atoms with Gasteiger partial charge in [-0.2, -0.15) is 0 Å². The fourth-order valence-electron chi connectivity index (χ4n) is 3.21. The van der Waals surface area contributed by atoms with Crippen molar-refractivity contribution in [3.05, 3.63) is 36.0 Å². The number of hydrogen-bond acceptors (Lipinski definition) is 3. The van der Waals surface area contributed by atoms with Gasteiger partial charge in [-0.05, 0) is 31.4 Å². The lowest BCUT2D eigenvalue weighted by molar-refractivity contribution is -0.00834. The minimum Gasteiger partial charge on any atom is -0.379 e. The molecule has 3 rings (SSSR count). The molecular formula is C19H29N5O. The highest BCUT2D eigenvalue weighted by Crippen LogP contribution is 2.15. The first-order valence-electron chi connectivity index (χ1n) is 8.92. The lowest BCUT2D eigenvalue weighted by Gasteiger charge is -2.41. The summed E-state index contributed by atoms with van der Waals surface area (Å²) < 4.78 is 5.45. The monoisotopic (exact) mass is 343 g/mol. The number of ether oxygens (including phenoxy) is 1. The van der Waals surface area contributed by atoms with Crippen molar-refractivity contribution in [1.29, 1.82) is 0 Å². The maximum atomic E-state index is 5.45. The first-order valence-corrected chi connectivity index (χ1v) is 8.92. The van der Waals surface area contributed by atoms with Crippen LogP contribution in [-0.2, 0) is 11.3 Å². The molecule has 0 saturated carbocycles. The Hall–Kier alpha value is -2.05. The van der Waals surface area contributed by atoms with E-state index in [0.717, 1.165) is 50.0 Å². The topological polar surface area (TPSA) is 64.7 Å². The highest BCUT2D eigenvalue weighted by Gasteiger charge is 2.28. The SMILES string of the molecule is CN=C(NCc1cc2ccccc2[nH]1)NCC(C)(C)N1CCOCC1. The molecule has 0 spiro atoms. The van der Waals surface area contributed by atoms with Crippen LogP contribution >= 0.6 is 0 Å². The van der Waals surface area contributed by atoms with Crippen LogP contribution in [0.25, 0.3) is 10.9 Å². The number of benzene rings is 1. The molecule has 0 amide bonds. The average molecular weight is 343 g/mol. The van der Waals surface area contributed by atoms with Gasteiger partial charge in [-0.15, -0.1) is 0 Å². The zero-order valence-electron chi connectivity index (χ0n) is 15.4. The molecule has 6 heteroatoms. The molecule has 1 aromatic heterocycles. The van der Waals surface area contributed by atoms with E-state index in [0.29, 0.717) is 6.54 Å². The number of para-hydroxylation sites is 1. The molecule has 2 heterocycles. The first kappa shape index (κ1) is 17.8. The minimum absolute atomic E-state index is 0.0580. The Morgan fingerprint density at radius 1 is 1.24 bits per heavy atom. The smallest absolute Gasteiger partial charge is 0.191 e. The fourth-order valence-corrected chi connectivity index (χ4v) is 3.21. The molecule has 1 aliphatic rings. The molecule has 1 fully saturated rings. The van der Waals surface area contributed by atoms with Crippen molar-refractivity contribution in [2.75, 3.05) is 39.9 Å². The standard InChI is InChI=1S/C19H29N5O/c1-19(2,24-8-10-25-11-9-24)14-22-18(20-3)21-13-16-12-15-6-4-5-7-17(15)23-16/h4-7,12,23H,8-11,13-14H2,1-3H3,(H2,20,21,22). The Labute approximate surface area is 149 Å². The Balaban J connectivity index is 1.52. The molecule has 2 aromatic rings. The molecule has 0 unspecified atom stereocenters. The number of nitrogens with zero attached hydrogens (tertiary/aromatic N) is 2. The molecule has 25 heavy (non-hydrogen) atoms. The average Bonchev–Trinajstić information content (AvgIpc) is 3.05. The van der Waals surface area contributed by atoms with Crippen molar-refractivity contribution in [2.45, 2.75) is 25.9 Å². The lowest BCUT2D eigenvalue weighted by atomic mass is 10.0. The molecule has 0 atom stereocenters. The number of fused-ring (bicyclic) bond motifs is 1. The zero-order valence-corrected chi connectivity index (χ0v) is 15.4. The zero-order chi connectivity index (χ0) is 17.7. The fraction of sp³-hybridized carbons (Fsp3) is 0.526. The number of rotatable bonds is 5. The van der Waals surface area contributed by atoms with Crippen LogP contribution in [0.1, 0.15) is 19.5 Å². The van der Waals surface area contributed by atoms with Gasteiger partial charge in [0, 0.05) is 43.4 Å². The Bertz CT molecular complexity index is 682. The quantitative estimate of drug-likeness (QED) is 0.573. The minimum atomic E-state index is 0.0580. The Kier molecular flexibility index (Phi) is 5.60. The molecule has 1 aromatic carbocycles.